The molecule has 0 aromatic carbocycles. The molecule has 29 heavy (non-hydrogen) atoms. The highest BCUT2D eigenvalue weighted by molar-refractivity contribution is 6.74. The lowest BCUT2D eigenvalue weighted by Crippen LogP contribution is -2.55. The first-order valence-corrected chi connectivity index (χ1v) is 15.1. The van der Waals surface area contributed by atoms with Crippen LogP contribution < -0.4 is 0 Å². The molecule has 0 saturated heterocycles. The topological polar surface area (TPSA) is 26.3 Å². The number of rotatable bonds is 2. The molecule has 4 rings (SSSR count). The van der Waals surface area contributed by atoms with Gasteiger partial charge in [0.1, 0.15) is 0 Å². The largest absolute Gasteiger partial charge is 0.413 e. The molecule has 0 aromatic heterocycles. The van der Waals surface area contributed by atoms with E-state index in [1.165, 1.54) is 31.3 Å². The molecule has 0 heterocycles. The second-order valence-electron chi connectivity index (χ2n) is 13.0. The molecule has 0 spiro atoms. The smallest absolute Gasteiger partial charge is 0.192 e. The van der Waals surface area contributed by atoms with Crippen molar-refractivity contribution in [3.8, 4) is 0 Å². The first kappa shape index (κ1) is 21.8. The molecule has 4 aliphatic rings. The molecule has 3 fully saturated rings. The third kappa shape index (κ3) is 3.25. The minimum absolute atomic E-state index is 0.269. The van der Waals surface area contributed by atoms with E-state index in [2.05, 4.69) is 54.6 Å². The summed E-state index contributed by atoms with van der Waals surface area (Å²) in [5.74, 6) is 3.42. The molecule has 2 nitrogen and oxygen atoms in total. The van der Waals surface area contributed by atoms with E-state index in [1.807, 2.05) is 6.08 Å². The van der Waals surface area contributed by atoms with Gasteiger partial charge in [-0.05, 0) is 97.2 Å². The number of carbonyl (C=O) groups excluding carboxylic acids is 1. The van der Waals surface area contributed by atoms with E-state index in [4.69, 9.17) is 4.43 Å². The summed E-state index contributed by atoms with van der Waals surface area (Å²) >= 11 is 0. The van der Waals surface area contributed by atoms with Crippen molar-refractivity contribution in [3.05, 3.63) is 11.6 Å². The van der Waals surface area contributed by atoms with Gasteiger partial charge in [-0.3, -0.25) is 4.79 Å². The summed E-state index contributed by atoms with van der Waals surface area (Å²) < 4.78 is 7.08. The zero-order chi connectivity index (χ0) is 21.4. The lowest BCUT2D eigenvalue weighted by molar-refractivity contribution is -0.119. The number of ketones is 1. The summed E-state index contributed by atoms with van der Waals surface area (Å²) in [7, 11) is -1.75. The van der Waals surface area contributed by atoms with E-state index in [9.17, 15) is 4.79 Å². The zero-order valence-corrected chi connectivity index (χ0v) is 21.2. The quantitative estimate of drug-likeness (QED) is 0.447. The third-order valence-corrected chi connectivity index (χ3v) is 15.0. The fourth-order valence-corrected chi connectivity index (χ4v) is 9.03. The van der Waals surface area contributed by atoms with Gasteiger partial charge in [0, 0.05) is 6.42 Å². The molecular formula is C26H44O2Si. The van der Waals surface area contributed by atoms with Gasteiger partial charge in [0.2, 0.25) is 0 Å². The Balaban J connectivity index is 1.62. The fraction of sp³-hybridized carbons (Fsp3) is 0.885. The first-order chi connectivity index (χ1) is 13.3. The third-order valence-electron chi connectivity index (χ3n) is 10.5. The average Bonchev–Trinajstić information content (AvgIpc) is 2.92. The van der Waals surface area contributed by atoms with E-state index in [0.717, 1.165) is 37.0 Å². The van der Waals surface area contributed by atoms with Crippen molar-refractivity contribution < 1.29 is 9.22 Å². The van der Waals surface area contributed by atoms with Crippen LogP contribution in [0, 0.1) is 34.5 Å². The summed E-state index contributed by atoms with van der Waals surface area (Å²) in [4.78, 5) is 12.1. The molecule has 4 aliphatic carbocycles. The van der Waals surface area contributed by atoms with Gasteiger partial charge in [-0.15, -0.1) is 0 Å². The maximum absolute atomic E-state index is 12.1. The Kier molecular flexibility index (Phi) is 5.11. The van der Waals surface area contributed by atoms with E-state index in [0.29, 0.717) is 23.2 Å². The SMILES string of the molecule is C[C@H]1CC2=CC(=O)CC[C@]2(C)[C@H]2CC[C@]3(C)[C@@H](O[Si](C)(C)C(C)(C)C)CC[C@H]3[C@H]12. The molecule has 0 aromatic rings. The second-order valence-corrected chi connectivity index (χ2v) is 17.8. The Morgan fingerprint density at radius 3 is 2.41 bits per heavy atom. The van der Waals surface area contributed by atoms with Gasteiger partial charge >= 0.3 is 0 Å². The molecule has 7 atom stereocenters. The van der Waals surface area contributed by atoms with Crippen molar-refractivity contribution in [3.63, 3.8) is 0 Å². The van der Waals surface area contributed by atoms with Crippen molar-refractivity contribution in [1.29, 1.82) is 0 Å². The zero-order valence-electron chi connectivity index (χ0n) is 20.2. The Morgan fingerprint density at radius 1 is 1.07 bits per heavy atom. The molecular weight excluding hydrogens is 372 g/mol. The van der Waals surface area contributed by atoms with Gasteiger partial charge in [0.25, 0.3) is 0 Å². The van der Waals surface area contributed by atoms with Crippen LogP contribution in [-0.4, -0.2) is 20.2 Å². The molecule has 164 valence electrons. The Bertz CT molecular complexity index is 717. The minimum atomic E-state index is -1.75. The van der Waals surface area contributed by atoms with Gasteiger partial charge < -0.3 is 4.43 Å². The van der Waals surface area contributed by atoms with Crippen LogP contribution in [0.25, 0.3) is 0 Å². The van der Waals surface area contributed by atoms with E-state index in [-0.39, 0.29) is 10.5 Å². The van der Waals surface area contributed by atoms with Crippen LogP contribution in [-0.2, 0) is 9.22 Å². The van der Waals surface area contributed by atoms with Gasteiger partial charge in [-0.25, -0.2) is 0 Å². The van der Waals surface area contributed by atoms with Crippen LogP contribution in [0.5, 0.6) is 0 Å². The van der Waals surface area contributed by atoms with Crippen LogP contribution in [0.4, 0.5) is 0 Å². The van der Waals surface area contributed by atoms with Crippen LogP contribution in [0.2, 0.25) is 18.1 Å². The molecule has 3 heteroatoms. The average molecular weight is 417 g/mol. The van der Waals surface area contributed by atoms with Gasteiger partial charge in [0.15, 0.2) is 14.1 Å². The summed E-state index contributed by atoms with van der Waals surface area (Å²) in [6.07, 6.45) is 10.7. The summed E-state index contributed by atoms with van der Waals surface area (Å²) in [5.41, 5.74) is 2.09. The number of fused-ring (bicyclic) bond motifs is 5. The normalized spacial score (nSPS) is 45.3. The maximum Gasteiger partial charge on any atom is 0.192 e. The maximum atomic E-state index is 12.1. The van der Waals surface area contributed by atoms with E-state index < -0.39 is 8.32 Å². The highest BCUT2D eigenvalue weighted by Crippen LogP contribution is 2.67. The Morgan fingerprint density at radius 2 is 1.76 bits per heavy atom. The fourth-order valence-electron chi connectivity index (χ4n) is 7.58. The number of hydrogen-bond acceptors (Lipinski definition) is 2. The van der Waals surface area contributed by atoms with Crippen LogP contribution in [0.1, 0.15) is 86.5 Å². The number of allylic oxidation sites excluding steroid dienone is 1. The van der Waals surface area contributed by atoms with Crippen molar-refractivity contribution in [2.45, 2.75) is 111 Å². The van der Waals surface area contributed by atoms with Gasteiger partial charge in [-0.2, -0.15) is 0 Å². The standard InChI is InChI=1S/C26H44O2Si/c1-17-15-18-16-19(27)11-13-25(18,5)21-12-14-26(6)20(23(17)21)9-10-22(26)28-29(7,8)24(2,3)4/h16-17,20-23H,9-15H2,1-8H3/t17-,20-,21-,22-,23-,25-,26-/m0/s1. The molecule has 0 unspecified atom stereocenters. The van der Waals surface area contributed by atoms with Crippen molar-refractivity contribution in [1.82, 2.24) is 0 Å². The lowest BCUT2D eigenvalue weighted by Gasteiger charge is -2.60. The Hall–Kier alpha value is -0.413. The number of hydrogen-bond donors (Lipinski definition) is 0. The van der Waals surface area contributed by atoms with Crippen LogP contribution in [0.15, 0.2) is 11.6 Å². The molecule has 0 radical (unpaired) electrons. The van der Waals surface area contributed by atoms with Crippen LogP contribution in [0.3, 0.4) is 0 Å². The molecule has 3 saturated carbocycles. The molecule has 0 N–H and O–H groups in total. The summed E-state index contributed by atoms with van der Waals surface area (Å²) in [6, 6.07) is 0. The van der Waals surface area contributed by atoms with E-state index in [1.54, 1.807) is 0 Å². The van der Waals surface area contributed by atoms with Crippen molar-refractivity contribution >= 4 is 14.1 Å². The predicted octanol–water partition coefficient (Wildman–Crippen LogP) is 7.15. The first-order valence-electron chi connectivity index (χ1n) is 12.2. The number of carbonyl (C=O) groups is 1. The molecule has 0 aliphatic heterocycles. The monoisotopic (exact) mass is 416 g/mol. The lowest BCUT2D eigenvalue weighted by atomic mass is 9.45. The predicted molar refractivity (Wildman–Crippen MR) is 123 cm³/mol. The molecule has 0 amide bonds. The second kappa shape index (κ2) is 6.79. The highest BCUT2D eigenvalue weighted by Gasteiger charge is 2.61. The summed E-state index contributed by atoms with van der Waals surface area (Å²) in [5, 5.41) is 0.276. The van der Waals surface area contributed by atoms with Gasteiger partial charge in [-0.1, -0.05) is 47.1 Å². The molecule has 0 bridgehead atoms. The summed E-state index contributed by atoms with van der Waals surface area (Å²) in [6.45, 7) is 19.5. The minimum Gasteiger partial charge on any atom is -0.413 e. The van der Waals surface area contributed by atoms with Crippen molar-refractivity contribution in [2.24, 2.45) is 34.5 Å². The van der Waals surface area contributed by atoms with E-state index >= 15 is 0 Å². The van der Waals surface area contributed by atoms with Crippen molar-refractivity contribution in [2.75, 3.05) is 0 Å². The Labute approximate surface area is 180 Å². The highest BCUT2D eigenvalue weighted by atomic mass is 28.4. The van der Waals surface area contributed by atoms with Crippen LogP contribution >= 0.6 is 0 Å². The van der Waals surface area contributed by atoms with Gasteiger partial charge in [0.05, 0.1) is 6.10 Å².